The van der Waals surface area contributed by atoms with Crippen LogP contribution in [0.15, 0.2) is 47.5 Å². The largest absolute Gasteiger partial charge is 0.472 e. The predicted molar refractivity (Wildman–Crippen MR) is 88.7 cm³/mol. The number of halogens is 2. The van der Waals surface area contributed by atoms with E-state index >= 15 is 0 Å². The van der Waals surface area contributed by atoms with E-state index < -0.39 is 11.6 Å². The molecule has 0 bridgehead atoms. The minimum Gasteiger partial charge on any atom is -0.472 e. The molecule has 0 aromatic heterocycles. The number of aliphatic imine (C=N–C) groups is 1. The first kappa shape index (κ1) is 17.1. The summed E-state index contributed by atoms with van der Waals surface area (Å²) >= 11 is 0. The van der Waals surface area contributed by atoms with Crippen molar-refractivity contribution < 1.29 is 13.5 Å². The number of ether oxygens (including phenoxy) is 1. The number of nitrogens with zero attached hydrogens (tertiary/aromatic N) is 1. The Morgan fingerprint density at radius 2 is 1.52 bits per heavy atom. The molecule has 0 fully saturated rings. The molecule has 0 aliphatic carbocycles. The quantitative estimate of drug-likeness (QED) is 0.745. The predicted octanol–water partition coefficient (Wildman–Crippen LogP) is 5.21. The summed E-state index contributed by atoms with van der Waals surface area (Å²) in [6.45, 7) is 7.85. The van der Waals surface area contributed by atoms with Crippen LogP contribution in [0.2, 0.25) is 0 Å². The van der Waals surface area contributed by atoms with Crippen molar-refractivity contribution in [1.82, 2.24) is 0 Å². The highest BCUT2D eigenvalue weighted by Gasteiger charge is 2.31. The fraction of sp³-hybridized carbons (Fsp3) is 0.316. The molecule has 0 saturated carbocycles. The second-order valence-corrected chi connectivity index (χ2v) is 5.21. The maximum Gasteiger partial charge on any atom is 0.223 e. The Morgan fingerprint density at radius 1 is 0.957 bits per heavy atom. The minimum absolute atomic E-state index is 0.0312. The topological polar surface area (TPSA) is 21.6 Å². The molecule has 1 aliphatic heterocycles. The van der Waals surface area contributed by atoms with Gasteiger partial charge in [-0.2, -0.15) is 0 Å². The van der Waals surface area contributed by atoms with Crippen LogP contribution in [0.3, 0.4) is 0 Å². The summed E-state index contributed by atoms with van der Waals surface area (Å²) in [6.07, 6.45) is -0.262. The van der Waals surface area contributed by atoms with Crippen LogP contribution in [0.4, 0.5) is 8.78 Å². The lowest BCUT2D eigenvalue weighted by Gasteiger charge is -2.13. The van der Waals surface area contributed by atoms with Crippen LogP contribution in [-0.2, 0) is 4.74 Å². The molecule has 1 aliphatic rings. The second kappa shape index (κ2) is 7.36. The van der Waals surface area contributed by atoms with E-state index in [4.69, 9.17) is 4.74 Å². The number of rotatable bonds is 2. The third kappa shape index (κ3) is 3.58. The van der Waals surface area contributed by atoms with Gasteiger partial charge in [0.1, 0.15) is 29.3 Å². The van der Waals surface area contributed by atoms with E-state index in [1.54, 1.807) is 0 Å². The van der Waals surface area contributed by atoms with Crippen molar-refractivity contribution in [3.05, 3.63) is 70.8 Å². The van der Waals surface area contributed by atoms with Gasteiger partial charge in [0.25, 0.3) is 0 Å². The number of hydrogen-bond acceptors (Lipinski definition) is 2. The van der Waals surface area contributed by atoms with Gasteiger partial charge < -0.3 is 4.74 Å². The molecule has 0 radical (unpaired) electrons. The van der Waals surface area contributed by atoms with E-state index in [0.29, 0.717) is 0 Å². The van der Waals surface area contributed by atoms with Gasteiger partial charge in [0, 0.05) is 0 Å². The Kier molecular flexibility index (Phi) is 5.48. The summed E-state index contributed by atoms with van der Waals surface area (Å²) in [7, 11) is 0. The van der Waals surface area contributed by atoms with Crippen LogP contribution in [0.25, 0.3) is 0 Å². The van der Waals surface area contributed by atoms with Gasteiger partial charge in [-0.3, -0.25) is 0 Å². The summed E-state index contributed by atoms with van der Waals surface area (Å²) in [5, 5.41) is 0. The summed E-state index contributed by atoms with van der Waals surface area (Å²) in [6, 6.07) is 11.4. The van der Waals surface area contributed by atoms with Crippen molar-refractivity contribution in [2.24, 2.45) is 4.99 Å². The summed E-state index contributed by atoms with van der Waals surface area (Å²) in [4.78, 5) is 4.38. The molecule has 2 aromatic rings. The zero-order valence-electron chi connectivity index (χ0n) is 13.8. The fourth-order valence-electron chi connectivity index (χ4n) is 2.44. The van der Waals surface area contributed by atoms with Crippen LogP contribution in [0.5, 0.6) is 0 Å². The van der Waals surface area contributed by atoms with Crippen LogP contribution < -0.4 is 0 Å². The highest BCUT2D eigenvalue weighted by atomic mass is 19.1. The Hall–Kier alpha value is -2.23. The molecule has 0 saturated heterocycles. The molecule has 0 amide bonds. The second-order valence-electron chi connectivity index (χ2n) is 5.21. The van der Waals surface area contributed by atoms with Crippen LogP contribution in [-0.4, -0.2) is 12.0 Å². The molecule has 23 heavy (non-hydrogen) atoms. The highest BCUT2D eigenvalue weighted by Crippen LogP contribution is 2.32. The summed E-state index contributed by atoms with van der Waals surface area (Å²) in [5.41, 5.74) is 1.92. The molecule has 0 N–H and O–H groups in total. The Bertz CT molecular complexity index is 675. The Morgan fingerprint density at radius 3 is 2.09 bits per heavy atom. The maximum atomic E-state index is 13.8. The molecule has 0 spiro atoms. The molecular formula is C19H21F2NO. The molecule has 2 atom stereocenters. The Labute approximate surface area is 135 Å². The van der Waals surface area contributed by atoms with Gasteiger partial charge >= 0.3 is 0 Å². The van der Waals surface area contributed by atoms with E-state index in [1.807, 2.05) is 52.0 Å². The molecule has 2 aromatic carbocycles. The van der Waals surface area contributed by atoms with E-state index in [9.17, 15) is 8.78 Å². The van der Waals surface area contributed by atoms with Crippen molar-refractivity contribution in [1.29, 1.82) is 0 Å². The van der Waals surface area contributed by atoms with Gasteiger partial charge in [0.15, 0.2) is 0 Å². The van der Waals surface area contributed by atoms with Gasteiger partial charge in [-0.05, 0) is 31.5 Å². The van der Waals surface area contributed by atoms with Crippen molar-refractivity contribution >= 4 is 5.90 Å². The SMILES string of the molecule is CC.Cc1ccc(C2N=C(c3c(F)cccc3F)OC2C)cc1. The van der Waals surface area contributed by atoms with Gasteiger partial charge in [-0.15, -0.1) is 0 Å². The lowest BCUT2D eigenvalue weighted by Crippen LogP contribution is -2.14. The zero-order chi connectivity index (χ0) is 17.0. The highest BCUT2D eigenvalue weighted by molar-refractivity contribution is 5.96. The van der Waals surface area contributed by atoms with Gasteiger partial charge in [0.05, 0.1) is 0 Å². The van der Waals surface area contributed by atoms with E-state index in [2.05, 4.69) is 4.99 Å². The van der Waals surface area contributed by atoms with Crippen molar-refractivity contribution in [2.75, 3.05) is 0 Å². The van der Waals surface area contributed by atoms with E-state index in [0.717, 1.165) is 11.1 Å². The number of aryl methyl sites for hydroxylation is 1. The lowest BCUT2D eigenvalue weighted by molar-refractivity contribution is 0.213. The molecule has 2 nitrogen and oxygen atoms in total. The normalized spacial score (nSPS) is 19.5. The number of benzene rings is 2. The van der Waals surface area contributed by atoms with Crippen molar-refractivity contribution in [2.45, 2.75) is 39.8 Å². The summed E-state index contributed by atoms with van der Waals surface area (Å²) in [5.74, 6) is -1.29. The molecule has 4 heteroatoms. The standard InChI is InChI=1S/C17H15F2NO.C2H6/c1-10-6-8-12(9-7-10)16-11(2)21-17(20-16)15-13(18)4-3-5-14(15)19;1-2/h3-9,11,16H,1-2H3;1-2H3. The maximum absolute atomic E-state index is 13.8. The van der Waals surface area contributed by atoms with Gasteiger partial charge in [-0.1, -0.05) is 49.7 Å². The monoisotopic (exact) mass is 317 g/mol. The third-order valence-corrected chi connectivity index (χ3v) is 3.59. The molecular weight excluding hydrogens is 296 g/mol. The van der Waals surface area contributed by atoms with Crippen LogP contribution in [0, 0.1) is 18.6 Å². The Balaban J connectivity index is 0.000000924. The van der Waals surface area contributed by atoms with E-state index in [1.165, 1.54) is 18.2 Å². The molecule has 3 rings (SSSR count). The lowest BCUT2D eigenvalue weighted by atomic mass is 10.0. The van der Waals surface area contributed by atoms with Crippen LogP contribution >= 0.6 is 0 Å². The van der Waals surface area contributed by atoms with Crippen molar-refractivity contribution in [3.8, 4) is 0 Å². The average Bonchev–Trinajstić information content (AvgIpc) is 2.91. The summed E-state index contributed by atoms with van der Waals surface area (Å²) < 4.78 is 33.2. The molecule has 1 heterocycles. The van der Waals surface area contributed by atoms with Gasteiger partial charge in [-0.25, -0.2) is 13.8 Å². The first-order valence-electron chi connectivity index (χ1n) is 7.81. The van der Waals surface area contributed by atoms with Crippen LogP contribution in [0.1, 0.15) is 43.5 Å². The van der Waals surface area contributed by atoms with Crippen molar-refractivity contribution in [3.63, 3.8) is 0 Å². The fourth-order valence-corrected chi connectivity index (χ4v) is 2.44. The first-order valence-corrected chi connectivity index (χ1v) is 7.81. The molecule has 2 unspecified atom stereocenters. The average molecular weight is 317 g/mol. The van der Waals surface area contributed by atoms with E-state index in [-0.39, 0.29) is 23.6 Å². The number of hydrogen-bond donors (Lipinski definition) is 0. The van der Waals surface area contributed by atoms with Gasteiger partial charge in [0.2, 0.25) is 5.90 Å². The first-order chi connectivity index (χ1) is 11.1. The third-order valence-electron chi connectivity index (χ3n) is 3.59. The minimum atomic E-state index is -0.662. The smallest absolute Gasteiger partial charge is 0.223 e. The molecule has 122 valence electrons. The zero-order valence-corrected chi connectivity index (χ0v) is 13.8.